The molecule has 0 fully saturated rings. The van der Waals surface area contributed by atoms with Gasteiger partial charge < -0.3 is 14.5 Å². The van der Waals surface area contributed by atoms with Gasteiger partial charge in [0.2, 0.25) is 5.88 Å². The number of nitriles is 1. The van der Waals surface area contributed by atoms with Gasteiger partial charge in [0.25, 0.3) is 0 Å². The van der Waals surface area contributed by atoms with Gasteiger partial charge in [0.1, 0.15) is 11.6 Å². The molecular formula is C12H10N2O3. The third-order valence-electron chi connectivity index (χ3n) is 2.38. The van der Waals surface area contributed by atoms with Gasteiger partial charge >= 0.3 is 6.16 Å². The monoisotopic (exact) mass is 230 g/mol. The number of rotatable bonds is 1. The first-order chi connectivity index (χ1) is 8.15. The summed E-state index contributed by atoms with van der Waals surface area (Å²) in [5.74, 6) is 0.111. The second-order valence-electron chi connectivity index (χ2n) is 3.55. The summed E-state index contributed by atoms with van der Waals surface area (Å²) >= 11 is 0. The van der Waals surface area contributed by atoms with E-state index in [0.717, 1.165) is 16.5 Å². The summed E-state index contributed by atoms with van der Waals surface area (Å²) in [6.45, 7) is 1.93. The average molecular weight is 230 g/mol. The summed E-state index contributed by atoms with van der Waals surface area (Å²) in [5, 5.41) is 9.81. The Morgan fingerprint density at radius 1 is 1.47 bits per heavy atom. The maximum atomic E-state index is 11.0. The smallest absolute Gasteiger partial charge is 0.437 e. The van der Waals surface area contributed by atoms with Crippen LogP contribution in [0.1, 0.15) is 11.1 Å². The molecule has 0 unspecified atom stereocenters. The molecule has 5 nitrogen and oxygen atoms in total. The molecule has 0 aliphatic heterocycles. The first kappa shape index (κ1) is 11.0. The standard InChI is InChI=1S/C12H10N2O3/c1-7-3-4-10-8(5-7)9(6-13)11(14-10)17-12(15)16-2/h3-5,14H,1-2H3. The van der Waals surface area contributed by atoms with Crippen molar-refractivity contribution >= 4 is 17.1 Å². The van der Waals surface area contributed by atoms with Crippen LogP contribution in [0.15, 0.2) is 18.2 Å². The topological polar surface area (TPSA) is 75.1 Å². The minimum Gasteiger partial charge on any atom is -0.437 e. The van der Waals surface area contributed by atoms with Crippen molar-refractivity contribution in [3.8, 4) is 11.9 Å². The number of methoxy groups -OCH3 is 1. The Morgan fingerprint density at radius 2 is 2.24 bits per heavy atom. The summed E-state index contributed by atoms with van der Waals surface area (Å²) in [6, 6.07) is 7.60. The van der Waals surface area contributed by atoms with E-state index in [1.54, 1.807) is 0 Å². The molecule has 0 radical (unpaired) electrons. The fraction of sp³-hybridized carbons (Fsp3) is 0.167. The maximum absolute atomic E-state index is 11.0. The predicted octanol–water partition coefficient (Wildman–Crippen LogP) is 2.49. The molecule has 1 aromatic heterocycles. The number of fused-ring (bicyclic) bond motifs is 1. The molecule has 1 aromatic carbocycles. The average Bonchev–Trinajstić information content (AvgIpc) is 2.65. The van der Waals surface area contributed by atoms with Crippen molar-refractivity contribution in [2.75, 3.05) is 7.11 Å². The first-order valence-corrected chi connectivity index (χ1v) is 4.94. The van der Waals surface area contributed by atoms with Crippen molar-refractivity contribution in [3.63, 3.8) is 0 Å². The lowest BCUT2D eigenvalue weighted by atomic mass is 10.1. The van der Waals surface area contributed by atoms with Gasteiger partial charge in [-0.15, -0.1) is 0 Å². The van der Waals surface area contributed by atoms with Crippen LogP contribution in [0, 0.1) is 18.3 Å². The molecule has 0 saturated carbocycles. The van der Waals surface area contributed by atoms with Crippen LogP contribution in [0.25, 0.3) is 10.9 Å². The Kier molecular flexibility index (Phi) is 2.71. The van der Waals surface area contributed by atoms with E-state index in [2.05, 4.69) is 9.72 Å². The fourth-order valence-electron chi connectivity index (χ4n) is 1.59. The Morgan fingerprint density at radius 3 is 2.88 bits per heavy atom. The quantitative estimate of drug-likeness (QED) is 0.763. The number of ether oxygens (including phenoxy) is 2. The highest BCUT2D eigenvalue weighted by Crippen LogP contribution is 2.28. The number of nitrogens with one attached hydrogen (secondary N) is 1. The van der Waals surface area contributed by atoms with Gasteiger partial charge in [-0.3, -0.25) is 0 Å². The number of hydrogen-bond donors (Lipinski definition) is 1. The molecule has 0 bridgehead atoms. The number of carbonyl (C=O) groups excluding carboxylic acids is 1. The molecule has 2 rings (SSSR count). The number of carbonyl (C=O) groups is 1. The predicted molar refractivity (Wildman–Crippen MR) is 60.8 cm³/mol. The Hall–Kier alpha value is -2.48. The van der Waals surface area contributed by atoms with Crippen LogP contribution in [0.5, 0.6) is 5.88 Å². The van der Waals surface area contributed by atoms with E-state index in [1.165, 1.54) is 7.11 Å². The lowest BCUT2D eigenvalue weighted by molar-refractivity contribution is 0.120. The van der Waals surface area contributed by atoms with Crippen LogP contribution in [-0.4, -0.2) is 18.2 Å². The zero-order valence-electron chi connectivity index (χ0n) is 9.40. The molecule has 1 heterocycles. The molecule has 17 heavy (non-hydrogen) atoms. The second-order valence-corrected chi connectivity index (χ2v) is 3.55. The number of aryl methyl sites for hydroxylation is 1. The Balaban J connectivity index is 2.57. The molecule has 0 aliphatic carbocycles. The van der Waals surface area contributed by atoms with E-state index < -0.39 is 6.16 Å². The van der Waals surface area contributed by atoms with E-state index in [9.17, 15) is 4.79 Å². The summed E-state index contributed by atoms with van der Waals surface area (Å²) in [7, 11) is 1.21. The van der Waals surface area contributed by atoms with Crippen molar-refractivity contribution < 1.29 is 14.3 Å². The molecule has 0 spiro atoms. The van der Waals surface area contributed by atoms with E-state index in [4.69, 9.17) is 10.00 Å². The zero-order valence-corrected chi connectivity index (χ0v) is 9.40. The van der Waals surface area contributed by atoms with E-state index >= 15 is 0 Å². The summed E-state index contributed by atoms with van der Waals surface area (Å²) in [5.41, 5.74) is 2.07. The third kappa shape index (κ3) is 1.93. The highest BCUT2D eigenvalue weighted by Gasteiger charge is 2.15. The number of benzene rings is 1. The number of nitrogens with zero attached hydrogens (tertiary/aromatic N) is 1. The van der Waals surface area contributed by atoms with Crippen LogP contribution >= 0.6 is 0 Å². The van der Waals surface area contributed by atoms with Gasteiger partial charge in [-0.05, 0) is 19.1 Å². The molecule has 0 aliphatic rings. The van der Waals surface area contributed by atoms with Crippen LogP contribution < -0.4 is 4.74 Å². The van der Waals surface area contributed by atoms with Crippen LogP contribution in [-0.2, 0) is 4.74 Å². The number of H-pyrrole nitrogens is 1. The molecule has 5 heteroatoms. The highest BCUT2D eigenvalue weighted by molar-refractivity contribution is 5.89. The number of aromatic nitrogens is 1. The highest BCUT2D eigenvalue weighted by atomic mass is 16.7. The molecule has 2 aromatic rings. The van der Waals surface area contributed by atoms with E-state index in [1.807, 2.05) is 31.2 Å². The van der Waals surface area contributed by atoms with Gasteiger partial charge in [0, 0.05) is 10.9 Å². The Bertz CT molecular complexity index is 622. The van der Waals surface area contributed by atoms with Gasteiger partial charge in [-0.25, -0.2) is 4.79 Å². The first-order valence-electron chi connectivity index (χ1n) is 4.94. The molecule has 1 N–H and O–H groups in total. The van der Waals surface area contributed by atoms with Crippen LogP contribution in [0.4, 0.5) is 4.79 Å². The molecule has 0 saturated heterocycles. The SMILES string of the molecule is COC(=O)Oc1[nH]c2ccc(C)cc2c1C#N. The van der Waals surface area contributed by atoms with Crippen molar-refractivity contribution in [1.29, 1.82) is 5.26 Å². The van der Waals surface area contributed by atoms with Crippen molar-refractivity contribution in [2.24, 2.45) is 0 Å². The van der Waals surface area contributed by atoms with Crippen LogP contribution in [0.2, 0.25) is 0 Å². The number of aromatic amines is 1. The van der Waals surface area contributed by atoms with Gasteiger partial charge in [0.15, 0.2) is 0 Å². The van der Waals surface area contributed by atoms with Gasteiger partial charge in [-0.2, -0.15) is 5.26 Å². The largest absolute Gasteiger partial charge is 0.514 e. The summed E-state index contributed by atoms with van der Waals surface area (Å²) in [6.07, 6.45) is -0.857. The van der Waals surface area contributed by atoms with Gasteiger partial charge in [-0.1, -0.05) is 11.6 Å². The zero-order chi connectivity index (χ0) is 12.4. The number of hydrogen-bond acceptors (Lipinski definition) is 4. The summed E-state index contributed by atoms with van der Waals surface area (Å²) in [4.78, 5) is 13.9. The molecule has 0 amide bonds. The fourth-order valence-corrected chi connectivity index (χ4v) is 1.59. The Labute approximate surface area is 97.6 Å². The van der Waals surface area contributed by atoms with E-state index in [0.29, 0.717) is 5.56 Å². The normalized spacial score (nSPS) is 9.94. The lowest BCUT2D eigenvalue weighted by Gasteiger charge is -1.98. The van der Waals surface area contributed by atoms with Crippen molar-refractivity contribution in [2.45, 2.75) is 6.92 Å². The molecule has 0 atom stereocenters. The molecular weight excluding hydrogens is 220 g/mol. The van der Waals surface area contributed by atoms with Gasteiger partial charge in [0.05, 0.1) is 7.11 Å². The third-order valence-corrected chi connectivity index (χ3v) is 2.38. The van der Waals surface area contributed by atoms with Crippen molar-refractivity contribution in [3.05, 3.63) is 29.3 Å². The van der Waals surface area contributed by atoms with Crippen LogP contribution in [0.3, 0.4) is 0 Å². The minimum atomic E-state index is -0.857. The minimum absolute atomic E-state index is 0.111. The van der Waals surface area contributed by atoms with E-state index in [-0.39, 0.29) is 5.88 Å². The summed E-state index contributed by atoms with van der Waals surface area (Å²) < 4.78 is 9.25. The lowest BCUT2D eigenvalue weighted by Crippen LogP contribution is -2.08. The second kappa shape index (κ2) is 4.18. The van der Waals surface area contributed by atoms with Crippen molar-refractivity contribution in [1.82, 2.24) is 4.98 Å². The maximum Gasteiger partial charge on any atom is 0.514 e. The molecule has 86 valence electrons.